The van der Waals surface area contributed by atoms with E-state index in [1.54, 1.807) is 14.2 Å². The van der Waals surface area contributed by atoms with E-state index in [0.29, 0.717) is 12.6 Å². The molecule has 1 aromatic rings. The van der Waals surface area contributed by atoms with E-state index < -0.39 is 0 Å². The molecule has 4 heteroatoms. The molecule has 0 fully saturated rings. The van der Waals surface area contributed by atoms with Gasteiger partial charge >= 0.3 is 0 Å². The maximum atomic E-state index is 5.61. The zero-order chi connectivity index (χ0) is 14.4. The zero-order valence-electron chi connectivity index (χ0n) is 12.7. The Labute approximate surface area is 116 Å². The number of rotatable bonds is 7. The van der Waals surface area contributed by atoms with Crippen LogP contribution in [0.5, 0.6) is 11.5 Å². The topological polar surface area (TPSA) is 47.7 Å². The molecule has 0 saturated carbocycles. The zero-order valence-corrected chi connectivity index (χ0v) is 12.7. The number of hydrogen-bond donors (Lipinski definition) is 1. The summed E-state index contributed by atoms with van der Waals surface area (Å²) in [5, 5.41) is 0. The van der Waals surface area contributed by atoms with E-state index in [1.807, 2.05) is 13.0 Å². The van der Waals surface area contributed by atoms with Gasteiger partial charge in [-0.2, -0.15) is 0 Å². The van der Waals surface area contributed by atoms with Crippen LogP contribution in [-0.4, -0.2) is 38.8 Å². The van der Waals surface area contributed by atoms with Crippen molar-refractivity contribution in [3.8, 4) is 11.5 Å². The summed E-state index contributed by atoms with van der Waals surface area (Å²) in [6, 6.07) is 4.53. The molecule has 1 unspecified atom stereocenters. The van der Waals surface area contributed by atoms with Crippen molar-refractivity contribution in [1.29, 1.82) is 0 Å². The molecule has 1 atom stereocenters. The van der Waals surface area contributed by atoms with Crippen LogP contribution in [0.2, 0.25) is 0 Å². The van der Waals surface area contributed by atoms with Gasteiger partial charge in [0.1, 0.15) is 11.5 Å². The fourth-order valence-electron chi connectivity index (χ4n) is 2.12. The van der Waals surface area contributed by atoms with Crippen molar-refractivity contribution < 1.29 is 9.47 Å². The van der Waals surface area contributed by atoms with Gasteiger partial charge in [-0.05, 0) is 51.6 Å². The molecule has 0 bridgehead atoms. The van der Waals surface area contributed by atoms with Crippen molar-refractivity contribution in [2.75, 3.05) is 27.8 Å². The minimum atomic E-state index is 0.446. The summed E-state index contributed by atoms with van der Waals surface area (Å²) in [5.41, 5.74) is 7.83. The molecule has 0 aliphatic carbocycles. The number of aryl methyl sites for hydroxylation is 1. The molecule has 0 heterocycles. The first-order valence-corrected chi connectivity index (χ1v) is 6.65. The highest BCUT2D eigenvalue weighted by Crippen LogP contribution is 2.29. The highest BCUT2D eigenvalue weighted by molar-refractivity contribution is 5.45. The van der Waals surface area contributed by atoms with E-state index in [0.717, 1.165) is 35.6 Å². The Kier molecular flexibility index (Phi) is 6.12. The fraction of sp³-hybridized carbons (Fsp3) is 0.600. The van der Waals surface area contributed by atoms with Crippen LogP contribution in [0.15, 0.2) is 12.1 Å². The highest BCUT2D eigenvalue weighted by atomic mass is 16.5. The molecule has 0 saturated heterocycles. The molecule has 2 N–H and O–H groups in total. The Morgan fingerprint density at radius 2 is 1.84 bits per heavy atom. The third kappa shape index (κ3) is 4.11. The average Bonchev–Trinajstić information content (AvgIpc) is 2.40. The van der Waals surface area contributed by atoms with Crippen LogP contribution in [0.3, 0.4) is 0 Å². The summed E-state index contributed by atoms with van der Waals surface area (Å²) in [7, 11) is 5.50. The molecular weight excluding hydrogens is 240 g/mol. The number of ether oxygens (including phenoxy) is 2. The van der Waals surface area contributed by atoms with Gasteiger partial charge in [0.05, 0.1) is 14.2 Å². The lowest BCUT2D eigenvalue weighted by Crippen LogP contribution is -2.30. The van der Waals surface area contributed by atoms with E-state index in [1.165, 1.54) is 0 Å². The Bertz CT molecular complexity index is 407. The normalized spacial score (nSPS) is 12.6. The smallest absolute Gasteiger partial charge is 0.123 e. The Hall–Kier alpha value is -1.26. The number of hydrogen-bond acceptors (Lipinski definition) is 4. The molecule has 0 aromatic heterocycles. The van der Waals surface area contributed by atoms with Crippen molar-refractivity contribution in [2.45, 2.75) is 32.9 Å². The molecule has 0 radical (unpaired) electrons. The van der Waals surface area contributed by atoms with E-state index in [9.17, 15) is 0 Å². The first-order valence-electron chi connectivity index (χ1n) is 6.65. The predicted octanol–water partition coefficient (Wildman–Crippen LogP) is 2.18. The molecule has 0 amide bonds. The molecule has 0 aliphatic rings. The maximum absolute atomic E-state index is 5.61. The summed E-state index contributed by atoms with van der Waals surface area (Å²) in [5.74, 6) is 1.81. The Balaban J connectivity index is 2.92. The molecule has 19 heavy (non-hydrogen) atoms. The average molecular weight is 266 g/mol. The van der Waals surface area contributed by atoms with Crippen LogP contribution < -0.4 is 15.2 Å². The molecule has 108 valence electrons. The summed E-state index contributed by atoms with van der Waals surface area (Å²) in [4.78, 5) is 2.28. The standard InChI is InChI=1S/C15H26N2O2/c1-11-8-15(19-5)13(9-14(11)18-4)10-17(3)12(2)6-7-16/h8-9,12H,6-7,10,16H2,1-5H3. The van der Waals surface area contributed by atoms with Crippen molar-refractivity contribution in [3.05, 3.63) is 23.3 Å². The maximum Gasteiger partial charge on any atom is 0.123 e. The van der Waals surface area contributed by atoms with Gasteiger partial charge in [-0.25, -0.2) is 0 Å². The number of nitrogens with two attached hydrogens (primary N) is 1. The third-order valence-electron chi connectivity index (χ3n) is 3.55. The molecule has 1 aromatic carbocycles. The summed E-state index contributed by atoms with van der Waals surface area (Å²) in [6.07, 6.45) is 0.988. The van der Waals surface area contributed by atoms with E-state index in [-0.39, 0.29) is 0 Å². The van der Waals surface area contributed by atoms with Crippen LogP contribution in [0.1, 0.15) is 24.5 Å². The van der Waals surface area contributed by atoms with Gasteiger partial charge in [0.25, 0.3) is 0 Å². The van der Waals surface area contributed by atoms with Crippen molar-refractivity contribution in [2.24, 2.45) is 5.73 Å². The van der Waals surface area contributed by atoms with Gasteiger partial charge in [-0.3, -0.25) is 4.90 Å². The van der Waals surface area contributed by atoms with Crippen LogP contribution in [0.4, 0.5) is 0 Å². The van der Waals surface area contributed by atoms with Crippen LogP contribution in [-0.2, 0) is 6.54 Å². The first kappa shape index (κ1) is 15.8. The van der Waals surface area contributed by atoms with Gasteiger partial charge in [0.15, 0.2) is 0 Å². The fourth-order valence-corrected chi connectivity index (χ4v) is 2.12. The molecule has 0 aliphatic heterocycles. The molecule has 1 rings (SSSR count). The van der Waals surface area contributed by atoms with E-state index in [2.05, 4.69) is 24.9 Å². The lowest BCUT2D eigenvalue weighted by Gasteiger charge is -2.25. The number of benzene rings is 1. The SMILES string of the molecule is COc1cc(CN(C)C(C)CCN)c(OC)cc1C. The van der Waals surface area contributed by atoms with Crippen LogP contribution in [0.25, 0.3) is 0 Å². The quantitative estimate of drug-likeness (QED) is 0.822. The van der Waals surface area contributed by atoms with Gasteiger partial charge in [0, 0.05) is 18.2 Å². The summed E-state index contributed by atoms with van der Waals surface area (Å²) >= 11 is 0. The third-order valence-corrected chi connectivity index (χ3v) is 3.55. The second kappa shape index (κ2) is 7.36. The lowest BCUT2D eigenvalue weighted by atomic mass is 10.1. The number of methoxy groups -OCH3 is 2. The summed E-state index contributed by atoms with van der Waals surface area (Å²) in [6.45, 7) is 5.73. The Morgan fingerprint density at radius 1 is 1.21 bits per heavy atom. The summed E-state index contributed by atoms with van der Waals surface area (Å²) < 4.78 is 10.8. The van der Waals surface area contributed by atoms with Gasteiger partial charge in [-0.15, -0.1) is 0 Å². The molecule has 4 nitrogen and oxygen atoms in total. The predicted molar refractivity (Wildman–Crippen MR) is 78.9 cm³/mol. The minimum Gasteiger partial charge on any atom is -0.496 e. The van der Waals surface area contributed by atoms with Crippen LogP contribution in [0, 0.1) is 6.92 Å². The number of nitrogens with zero attached hydrogens (tertiary/aromatic N) is 1. The van der Waals surface area contributed by atoms with Crippen LogP contribution >= 0.6 is 0 Å². The van der Waals surface area contributed by atoms with E-state index in [4.69, 9.17) is 15.2 Å². The monoisotopic (exact) mass is 266 g/mol. The van der Waals surface area contributed by atoms with Crippen molar-refractivity contribution in [1.82, 2.24) is 4.90 Å². The van der Waals surface area contributed by atoms with E-state index >= 15 is 0 Å². The largest absolute Gasteiger partial charge is 0.496 e. The molecular formula is C15H26N2O2. The minimum absolute atomic E-state index is 0.446. The van der Waals surface area contributed by atoms with Gasteiger partial charge in [-0.1, -0.05) is 0 Å². The second-order valence-corrected chi connectivity index (χ2v) is 4.98. The highest BCUT2D eigenvalue weighted by Gasteiger charge is 2.14. The van der Waals surface area contributed by atoms with Crippen molar-refractivity contribution >= 4 is 0 Å². The van der Waals surface area contributed by atoms with Gasteiger partial charge < -0.3 is 15.2 Å². The molecule has 0 spiro atoms. The first-order chi connectivity index (χ1) is 9.03. The van der Waals surface area contributed by atoms with Gasteiger partial charge in [0.2, 0.25) is 0 Å². The second-order valence-electron chi connectivity index (χ2n) is 4.98. The van der Waals surface area contributed by atoms with Crippen molar-refractivity contribution in [3.63, 3.8) is 0 Å². The Morgan fingerprint density at radius 3 is 2.37 bits per heavy atom. The lowest BCUT2D eigenvalue weighted by molar-refractivity contribution is 0.236.